The predicted octanol–water partition coefficient (Wildman–Crippen LogP) is 3.73. The zero-order valence-corrected chi connectivity index (χ0v) is 23.6. The number of methoxy groups -OCH3 is 2. The molecule has 2 aromatic carbocycles. The molecule has 6 rings (SSSR count). The molecule has 10 nitrogen and oxygen atoms in total. The largest absolute Gasteiger partial charge is 0.493 e. The Morgan fingerprint density at radius 1 is 0.850 bits per heavy atom. The van der Waals surface area contributed by atoms with Crippen molar-refractivity contribution < 1.29 is 14.2 Å². The summed E-state index contributed by atoms with van der Waals surface area (Å²) < 4.78 is 18.6. The Labute approximate surface area is 233 Å². The van der Waals surface area contributed by atoms with Crippen LogP contribution >= 0.6 is 0 Å². The molecule has 2 aliphatic rings. The van der Waals surface area contributed by atoms with Crippen LogP contribution in [0.15, 0.2) is 35.1 Å². The van der Waals surface area contributed by atoms with Gasteiger partial charge >= 0.3 is 0 Å². The third-order valence-corrected chi connectivity index (χ3v) is 8.12. The van der Waals surface area contributed by atoms with Crippen molar-refractivity contribution >= 4 is 33.6 Å². The van der Waals surface area contributed by atoms with Crippen molar-refractivity contribution in [2.45, 2.75) is 33.2 Å². The van der Waals surface area contributed by atoms with Crippen molar-refractivity contribution in [2.24, 2.45) is 5.92 Å². The average Bonchev–Trinajstić information content (AvgIpc) is 2.99. The van der Waals surface area contributed by atoms with Gasteiger partial charge in [0.2, 0.25) is 5.95 Å². The molecular formula is C30H36N6O4. The molecule has 2 fully saturated rings. The maximum absolute atomic E-state index is 13.4. The van der Waals surface area contributed by atoms with Gasteiger partial charge in [0.1, 0.15) is 11.6 Å². The van der Waals surface area contributed by atoms with Crippen LogP contribution in [0.2, 0.25) is 0 Å². The van der Waals surface area contributed by atoms with Gasteiger partial charge < -0.3 is 24.0 Å². The molecule has 2 aliphatic heterocycles. The molecule has 210 valence electrons. The normalized spacial score (nSPS) is 16.6. The summed E-state index contributed by atoms with van der Waals surface area (Å²) in [7, 11) is 3.28. The number of anilines is 2. The molecule has 0 aliphatic carbocycles. The Kier molecular flexibility index (Phi) is 7.18. The van der Waals surface area contributed by atoms with Crippen molar-refractivity contribution in [3.63, 3.8) is 0 Å². The topological polar surface area (TPSA) is 94.8 Å². The highest BCUT2D eigenvalue weighted by molar-refractivity contribution is 5.93. The molecular weight excluding hydrogens is 508 g/mol. The maximum Gasteiger partial charge on any atom is 0.261 e. The summed E-state index contributed by atoms with van der Waals surface area (Å²) >= 11 is 0. The van der Waals surface area contributed by atoms with E-state index in [9.17, 15) is 4.79 Å². The monoisotopic (exact) mass is 544 g/mol. The second-order valence-corrected chi connectivity index (χ2v) is 10.7. The average molecular weight is 545 g/mol. The molecule has 0 bridgehead atoms. The summed E-state index contributed by atoms with van der Waals surface area (Å²) in [5, 5.41) is 1.63. The molecule has 4 heterocycles. The number of nitrogens with zero attached hydrogens (tertiary/aromatic N) is 6. The number of morpholine rings is 1. The summed E-state index contributed by atoms with van der Waals surface area (Å²) in [5.41, 5.74) is 2.70. The molecule has 0 saturated carbocycles. The Balaban J connectivity index is 1.28. The maximum atomic E-state index is 13.4. The second kappa shape index (κ2) is 10.9. The Morgan fingerprint density at radius 3 is 2.30 bits per heavy atom. The van der Waals surface area contributed by atoms with Gasteiger partial charge in [-0.05, 0) is 50.8 Å². The van der Waals surface area contributed by atoms with E-state index < -0.39 is 0 Å². The molecule has 0 atom stereocenters. The molecule has 40 heavy (non-hydrogen) atoms. The van der Waals surface area contributed by atoms with Crippen LogP contribution in [0.1, 0.15) is 24.2 Å². The van der Waals surface area contributed by atoms with Crippen molar-refractivity contribution in [3.05, 3.63) is 52.1 Å². The highest BCUT2D eigenvalue weighted by atomic mass is 16.5. The van der Waals surface area contributed by atoms with E-state index in [4.69, 9.17) is 29.2 Å². The van der Waals surface area contributed by atoms with E-state index in [0.29, 0.717) is 48.5 Å². The molecule has 2 saturated heterocycles. The Hall–Kier alpha value is -3.92. The zero-order chi connectivity index (χ0) is 27.8. The van der Waals surface area contributed by atoms with Crippen LogP contribution in [0.25, 0.3) is 21.8 Å². The third kappa shape index (κ3) is 4.92. The van der Waals surface area contributed by atoms with E-state index in [1.54, 1.807) is 14.2 Å². The summed E-state index contributed by atoms with van der Waals surface area (Å²) in [4.78, 5) is 32.6. The van der Waals surface area contributed by atoms with Crippen LogP contribution in [0.4, 0.5) is 11.8 Å². The highest BCUT2D eigenvalue weighted by Gasteiger charge is 2.26. The number of rotatable bonds is 6. The van der Waals surface area contributed by atoms with Crippen LogP contribution in [0.3, 0.4) is 0 Å². The standard InChI is InChI=1S/C30H36N6O4/c1-19-5-6-24-23(15-19)29(37)36(20(2)31-24)18-21-7-9-34(10-8-21)28-22-16-26(38-3)27(39-4)17-25(22)32-30(33-28)35-11-13-40-14-12-35/h5-6,15-17,21H,7-14,18H2,1-4H3. The fourth-order valence-corrected chi connectivity index (χ4v) is 5.82. The van der Waals surface area contributed by atoms with Gasteiger partial charge in [0.25, 0.3) is 5.56 Å². The summed E-state index contributed by atoms with van der Waals surface area (Å²) in [6, 6.07) is 9.79. The number of aromatic nitrogens is 4. The summed E-state index contributed by atoms with van der Waals surface area (Å²) in [6.07, 6.45) is 1.90. The van der Waals surface area contributed by atoms with Crippen LogP contribution < -0.4 is 24.8 Å². The predicted molar refractivity (Wildman–Crippen MR) is 156 cm³/mol. The number of aryl methyl sites for hydroxylation is 2. The van der Waals surface area contributed by atoms with Crippen molar-refractivity contribution in [1.29, 1.82) is 0 Å². The van der Waals surface area contributed by atoms with E-state index >= 15 is 0 Å². The summed E-state index contributed by atoms with van der Waals surface area (Å²) in [6.45, 7) is 9.12. The lowest BCUT2D eigenvalue weighted by atomic mass is 9.96. The van der Waals surface area contributed by atoms with Gasteiger partial charge in [-0.1, -0.05) is 11.6 Å². The third-order valence-electron chi connectivity index (χ3n) is 8.12. The van der Waals surface area contributed by atoms with Crippen molar-refractivity contribution in [2.75, 3.05) is 63.4 Å². The second-order valence-electron chi connectivity index (χ2n) is 10.7. The highest BCUT2D eigenvalue weighted by Crippen LogP contribution is 2.37. The van der Waals surface area contributed by atoms with Crippen LogP contribution in [0.5, 0.6) is 11.5 Å². The first-order chi connectivity index (χ1) is 19.4. The van der Waals surface area contributed by atoms with Crippen LogP contribution in [0, 0.1) is 19.8 Å². The number of hydrogen-bond donors (Lipinski definition) is 0. The minimum Gasteiger partial charge on any atom is -0.493 e. The number of fused-ring (bicyclic) bond motifs is 2. The van der Waals surface area contributed by atoms with Gasteiger partial charge in [-0.3, -0.25) is 9.36 Å². The van der Waals surface area contributed by atoms with Crippen molar-refractivity contribution in [3.8, 4) is 11.5 Å². The van der Waals surface area contributed by atoms with E-state index in [0.717, 1.165) is 72.6 Å². The molecule has 0 unspecified atom stereocenters. The lowest BCUT2D eigenvalue weighted by Crippen LogP contribution is -2.39. The first-order valence-electron chi connectivity index (χ1n) is 13.9. The number of piperidine rings is 1. The molecule has 10 heteroatoms. The fourth-order valence-electron chi connectivity index (χ4n) is 5.82. The van der Waals surface area contributed by atoms with Gasteiger partial charge in [-0.25, -0.2) is 9.97 Å². The van der Waals surface area contributed by atoms with Gasteiger partial charge in [0.05, 0.1) is 43.9 Å². The Morgan fingerprint density at radius 2 is 1.57 bits per heavy atom. The zero-order valence-electron chi connectivity index (χ0n) is 23.6. The molecule has 4 aromatic rings. The summed E-state index contributed by atoms with van der Waals surface area (Å²) in [5.74, 6) is 4.05. The van der Waals surface area contributed by atoms with Crippen molar-refractivity contribution in [1.82, 2.24) is 19.5 Å². The van der Waals surface area contributed by atoms with Crippen LogP contribution in [-0.2, 0) is 11.3 Å². The SMILES string of the molecule is COc1cc2nc(N3CCOCC3)nc(N3CCC(Cn4c(C)nc5ccc(C)cc5c4=O)CC3)c2cc1OC. The number of hydrogen-bond acceptors (Lipinski definition) is 9. The molecule has 0 radical (unpaired) electrons. The van der Waals surface area contributed by atoms with Gasteiger partial charge in [0, 0.05) is 44.2 Å². The first kappa shape index (κ1) is 26.3. The molecule has 2 aromatic heterocycles. The minimum atomic E-state index is 0.0478. The first-order valence-corrected chi connectivity index (χ1v) is 13.9. The minimum absolute atomic E-state index is 0.0478. The number of ether oxygens (including phenoxy) is 3. The van der Waals surface area contributed by atoms with Crippen LogP contribution in [-0.4, -0.2) is 73.1 Å². The Bertz CT molecular complexity index is 1610. The van der Waals surface area contributed by atoms with Gasteiger partial charge in [0.15, 0.2) is 11.5 Å². The molecule has 0 amide bonds. The van der Waals surface area contributed by atoms with E-state index in [1.165, 1.54) is 0 Å². The lowest BCUT2D eigenvalue weighted by molar-refractivity contribution is 0.122. The smallest absolute Gasteiger partial charge is 0.261 e. The molecule has 0 N–H and O–H groups in total. The lowest BCUT2D eigenvalue weighted by Gasteiger charge is -2.35. The van der Waals surface area contributed by atoms with Gasteiger partial charge in [-0.2, -0.15) is 4.98 Å². The van der Waals surface area contributed by atoms with Gasteiger partial charge in [-0.15, -0.1) is 0 Å². The molecule has 0 spiro atoms. The van der Waals surface area contributed by atoms with E-state index in [2.05, 4.69) is 9.80 Å². The van der Waals surface area contributed by atoms with E-state index in [1.807, 2.05) is 48.7 Å². The van der Waals surface area contributed by atoms with E-state index in [-0.39, 0.29) is 5.56 Å². The quantitative estimate of drug-likeness (QED) is 0.360. The fraction of sp³-hybridized carbons (Fsp3) is 0.467. The number of benzene rings is 2.